The molecule has 0 saturated carbocycles. The van der Waals surface area contributed by atoms with Crippen LogP contribution in [-0.2, 0) is 16.1 Å². The second-order valence-corrected chi connectivity index (χ2v) is 5.74. The Morgan fingerprint density at radius 1 is 1.67 bits per heavy atom. The van der Waals surface area contributed by atoms with Gasteiger partial charge in [0, 0.05) is 24.0 Å². The van der Waals surface area contributed by atoms with Crippen molar-refractivity contribution in [3.05, 3.63) is 22.4 Å². The third-order valence-electron chi connectivity index (χ3n) is 3.02. The van der Waals surface area contributed by atoms with Gasteiger partial charge in [-0.25, -0.2) is 0 Å². The van der Waals surface area contributed by atoms with Crippen molar-refractivity contribution in [2.45, 2.75) is 32.5 Å². The molecule has 1 unspecified atom stereocenters. The number of thiophene rings is 1. The lowest BCUT2D eigenvalue weighted by atomic mass is 10.2. The van der Waals surface area contributed by atoms with Gasteiger partial charge < -0.3 is 15.0 Å². The molecule has 5 heteroatoms. The van der Waals surface area contributed by atoms with E-state index in [1.54, 1.807) is 11.3 Å². The van der Waals surface area contributed by atoms with Crippen molar-refractivity contribution < 1.29 is 9.53 Å². The number of morpholine rings is 1. The molecule has 1 saturated heterocycles. The molecule has 1 fully saturated rings. The van der Waals surface area contributed by atoms with Crippen LogP contribution in [0.15, 0.2) is 17.5 Å². The second-order valence-electron chi connectivity index (χ2n) is 4.70. The summed E-state index contributed by atoms with van der Waals surface area (Å²) in [5.74, 6) is 0.0885. The fraction of sp³-hybridized carbons (Fsp3) is 0.615. The van der Waals surface area contributed by atoms with Gasteiger partial charge in [0.25, 0.3) is 5.91 Å². The van der Waals surface area contributed by atoms with E-state index in [1.165, 1.54) is 4.88 Å². The van der Waals surface area contributed by atoms with Crippen molar-refractivity contribution in [3.63, 3.8) is 0 Å². The molecule has 2 rings (SSSR count). The van der Waals surface area contributed by atoms with Crippen molar-refractivity contribution in [1.82, 2.24) is 10.2 Å². The lowest BCUT2D eigenvalue weighted by Crippen LogP contribution is -2.50. The molecular weight excluding hydrogens is 248 g/mol. The Kier molecular flexibility index (Phi) is 4.74. The van der Waals surface area contributed by atoms with Gasteiger partial charge in [-0.15, -0.1) is 11.3 Å². The molecule has 0 radical (unpaired) electrons. The second kappa shape index (κ2) is 6.31. The Labute approximate surface area is 112 Å². The molecule has 0 aromatic carbocycles. The largest absolute Gasteiger partial charge is 0.366 e. The van der Waals surface area contributed by atoms with Gasteiger partial charge in [0.2, 0.25) is 0 Å². The van der Waals surface area contributed by atoms with Crippen LogP contribution in [0.4, 0.5) is 0 Å². The van der Waals surface area contributed by atoms with Gasteiger partial charge in [-0.05, 0) is 25.3 Å². The first-order valence-electron chi connectivity index (χ1n) is 6.33. The highest BCUT2D eigenvalue weighted by atomic mass is 32.1. The SMILES string of the molecule is CC(C)N(Cc1cccs1)C(=O)C1CNCCO1. The minimum Gasteiger partial charge on any atom is -0.366 e. The number of amides is 1. The van der Waals surface area contributed by atoms with E-state index in [2.05, 4.69) is 11.4 Å². The maximum atomic E-state index is 12.4. The normalized spacial score (nSPS) is 20.1. The first-order valence-corrected chi connectivity index (χ1v) is 7.21. The lowest BCUT2D eigenvalue weighted by molar-refractivity contribution is -0.147. The summed E-state index contributed by atoms with van der Waals surface area (Å²) in [6.07, 6.45) is -0.332. The summed E-state index contributed by atoms with van der Waals surface area (Å²) in [4.78, 5) is 15.5. The minimum atomic E-state index is -0.332. The number of rotatable bonds is 4. The number of carbonyl (C=O) groups excluding carboxylic acids is 1. The van der Waals surface area contributed by atoms with Crippen LogP contribution in [0.2, 0.25) is 0 Å². The number of nitrogens with one attached hydrogen (secondary N) is 1. The van der Waals surface area contributed by atoms with Gasteiger partial charge >= 0.3 is 0 Å². The summed E-state index contributed by atoms with van der Waals surface area (Å²) >= 11 is 1.68. The highest BCUT2D eigenvalue weighted by Crippen LogP contribution is 2.16. The first kappa shape index (κ1) is 13.5. The Hall–Kier alpha value is -0.910. The highest BCUT2D eigenvalue weighted by molar-refractivity contribution is 7.09. The summed E-state index contributed by atoms with van der Waals surface area (Å²) in [7, 11) is 0. The third-order valence-corrected chi connectivity index (χ3v) is 3.88. The molecule has 1 N–H and O–H groups in total. The summed E-state index contributed by atoms with van der Waals surface area (Å²) in [5, 5.41) is 5.24. The maximum absolute atomic E-state index is 12.4. The van der Waals surface area contributed by atoms with Gasteiger partial charge in [-0.3, -0.25) is 4.79 Å². The van der Waals surface area contributed by atoms with Gasteiger partial charge in [0.05, 0.1) is 13.2 Å². The molecular formula is C13H20N2O2S. The van der Waals surface area contributed by atoms with Crippen molar-refractivity contribution in [2.75, 3.05) is 19.7 Å². The number of ether oxygens (including phenoxy) is 1. The van der Waals surface area contributed by atoms with Crippen LogP contribution in [-0.4, -0.2) is 42.6 Å². The number of hydrogen-bond acceptors (Lipinski definition) is 4. The van der Waals surface area contributed by atoms with Crippen LogP contribution in [0.25, 0.3) is 0 Å². The summed E-state index contributed by atoms with van der Waals surface area (Å²) < 4.78 is 5.54. The van der Waals surface area contributed by atoms with E-state index in [1.807, 2.05) is 30.2 Å². The van der Waals surface area contributed by atoms with Crippen LogP contribution in [0.1, 0.15) is 18.7 Å². The average Bonchev–Trinajstić information content (AvgIpc) is 2.89. The van der Waals surface area contributed by atoms with E-state index in [9.17, 15) is 4.79 Å². The fourth-order valence-electron chi connectivity index (χ4n) is 1.99. The molecule has 1 amide bonds. The summed E-state index contributed by atoms with van der Waals surface area (Å²) in [6, 6.07) is 4.26. The van der Waals surface area contributed by atoms with Crippen molar-refractivity contribution in [3.8, 4) is 0 Å². The van der Waals surface area contributed by atoms with E-state index in [0.29, 0.717) is 19.7 Å². The van der Waals surface area contributed by atoms with Crippen LogP contribution < -0.4 is 5.32 Å². The van der Waals surface area contributed by atoms with Crippen molar-refractivity contribution in [2.24, 2.45) is 0 Å². The summed E-state index contributed by atoms with van der Waals surface area (Å²) in [6.45, 7) is 6.82. The third kappa shape index (κ3) is 3.31. The van der Waals surface area contributed by atoms with E-state index in [0.717, 1.165) is 6.54 Å². The lowest BCUT2D eigenvalue weighted by Gasteiger charge is -2.32. The Bertz CT molecular complexity index is 372. The summed E-state index contributed by atoms with van der Waals surface area (Å²) in [5.41, 5.74) is 0. The van der Waals surface area contributed by atoms with E-state index in [-0.39, 0.29) is 18.1 Å². The van der Waals surface area contributed by atoms with Crippen molar-refractivity contribution >= 4 is 17.2 Å². The Morgan fingerprint density at radius 2 is 2.50 bits per heavy atom. The molecule has 1 aromatic rings. The zero-order valence-corrected chi connectivity index (χ0v) is 11.7. The minimum absolute atomic E-state index is 0.0885. The first-order chi connectivity index (χ1) is 8.68. The highest BCUT2D eigenvalue weighted by Gasteiger charge is 2.28. The molecule has 4 nitrogen and oxygen atoms in total. The molecule has 0 spiro atoms. The monoisotopic (exact) mass is 268 g/mol. The molecule has 1 aromatic heterocycles. The average molecular weight is 268 g/mol. The molecule has 0 aliphatic carbocycles. The smallest absolute Gasteiger partial charge is 0.253 e. The van der Waals surface area contributed by atoms with Gasteiger partial charge in [-0.2, -0.15) is 0 Å². The molecule has 100 valence electrons. The molecule has 0 bridgehead atoms. The predicted molar refractivity (Wildman–Crippen MR) is 72.6 cm³/mol. The number of carbonyl (C=O) groups is 1. The van der Waals surface area contributed by atoms with Crippen LogP contribution in [0, 0.1) is 0 Å². The van der Waals surface area contributed by atoms with E-state index < -0.39 is 0 Å². The number of hydrogen-bond donors (Lipinski definition) is 1. The zero-order valence-electron chi connectivity index (χ0n) is 10.9. The topological polar surface area (TPSA) is 41.6 Å². The van der Waals surface area contributed by atoms with Crippen LogP contribution >= 0.6 is 11.3 Å². The standard InChI is InChI=1S/C13H20N2O2S/c1-10(2)15(9-11-4-3-7-18-11)13(16)12-8-14-5-6-17-12/h3-4,7,10,12,14H,5-6,8-9H2,1-2H3. The fourth-order valence-corrected chi connectivity index (χ4v) is 2.70. The van der Waals surface area contributed by atoms with Gasteiger partial charge in [0.15, 0.2) is 0 Å². The number of nitrogens with zero attached hydrogens (tertiary/aromatic N) is 1. The Morgan fingerprint density at radius 3 is 3.06 bits per heavy atom. The van der Waals surface area contributed by atoms with E-state index in [4.69, 9.17) is 4.74 Å². The van der Waals surface area contributed by atoms with Crippen LogP contribution in [0.5, 0.6) is 0 Å². The zero-order chi connectivity index (χ0) is 13.0. The maximum Gasteiger partial charge on any atom is 0.253 e. The molecule has 1 aliphatic heterocycles. The van der Waals surface area contributed by atoms with E-state index >= 15 is 0 Å². The molecule has 18 heavy (non-hydrogen) atoms. The molecule has 2 heterocycles. The predicted octanol–water partition coefficient (Wildman–Crippen LogP) is 1.47. The van der Waals surface area contributed by atoms with Gasteiger partial charge in [0.1, 0.15) is 6.10 Å². The van der Waals surface area contributed by atoms with Crippen LogP contribution in [0.3, 0.4) is 0 Å². The van der Waals surface area contributed by atoms with Crippen molar-refractivity contribution in [1.29, 1.82) is 0 Å². The Balaban J connectivity index is 2.02. The van der Waals surface area contributed by atoms with Gasteiger partial charge in [-0.1, -0.05) is 6.07 Å². The quantitative estimate of drug-likeness (QED) is 0.899. The molecule has 1 atom stereocenters. The molecule has 1 aliphatic rings.